The molecule has 4 nitrogen and oxygen atoms in total. The molecule has 104 valence electrons. The molecule has 5 heteroatoms. The summed E-state index contributed by atoms with van der Waals surface area (Å²) in [6, 6.07) is 6.90. The molecule has 0 bridgehead atoms. The zero-order valence-electron chi connectivity index (χ0n) is 11.5. The van der Waals surface area contributed by atoms with Crippen molar-refractivity contribution in [2.75, 3.05) is 40.3 Å². The lowest BCUT2D eigenvalue weighted by Crippen LogP contribution is -2.51. The summed E-state index contributed by atoms with van der Waals surface area (Å²) in [5, 5.41) is 0. The molecule has 2 rings (SSSR count). The van der Waals surface area contributed by atoms with Crippen LogP contribution in [0.2, 0.25) is 0 Å². The molecule has 0 radical (unpaired) electrons. The van der Waals surface area contributed by atoms with E-state index >= 15 is 0 Å². The van der Waals surface area contributed by atoms with Gasteiger partial charge in [0.15, 0.2) is 0 Å². The molecule has 1 aromatic rings. The Kier molecular flexibility index (Phi) is 4.37. The summed E-state index contributed by atoms with van der Waals surface area (Å²) in [5.41, 5.74) is 0.717. The van der Waals surface area contributed by atoms with Gasteiger partial charge in [-0.2, -0.15) is 0 Å². The van der Waals surface area contributed by atoms with Crippen molar-refractivity contribution in [1.82, 2.24) is 14.7 Å². The van der Waals surface area contributed by atoms with Crippen molar-refractivity contribution in [3.05, 3.63) is 35.6 Å². The molecule has 0 aromatic heterocycles. The summed E-state index contributed by atoms with van der Waals surface area (Å²) in [7, 11) is 3.52. The van der Waals surface area contributed by atoms with Crippen LogP contribution in [-0.4, -0.2) is 61.0 Å². The number of carbonyl (C=O) groups is 1. The van der Waals surface area contributed by atoms with Gasteiger partial charge in [-0.3, -0.25) is 4.90 Å². The Labute approximate surface area is 113 Å². The second-order valence-corrected chi connectivity index (χ2v) is 5.03. The first-order chi connectivity index (χ1) is 9.08. The fraction of sp³-hybridized carbons (Fsp3) is 0.500. The smallest absolute Gasteiger partial charge is 0.319 e. The molecular weight excluding hydrogens is 245 g/mol. The van der Waals surface area contributed by atoms with Crippen LogP contribution in [0.4, 0.5) is 9.18 Å². The number of urea groups is 1. The monoisotopic (exact) mass is 265 g/mol. The number of benzene rings is 1. The van der Waals surface area contributed by atoms with Crippen molar-refractivity contribution in [2.24, 2.45) is 0 Å². The zero-order valence-corrected chi connectivity index (χ0v) is 11.5. The average molecular weight is 265 g/mol. The second kappa shape index (κ2) is 6.02. The number of nitrogens with zero attached hydrogens (tertiary/aromatic N) is 3. The molecule has 1 aliphatic rings. The van der Waals surface area contributed by atoms with Crippen LogP contribution in [0.3, 0.4) is 0 Å². The van der Waals surface area contributed by atoms with Gasteiger partial charge >= 0.3 is 6.03 Å². The third kappa shape index (κ3) is 3.44. The van der Waals surface area contributed by atoms with Gasteiger partial charge in [-0.15, -0.1) is 0 Å². The number of piperazine rings is 1. The number of rotatable bonds is 2. The molecule has 1 fully saturated rings. The highest BCUT2D eigenvalue weighted by Gasteiger charge is 2.22. The highest BCUT2D eigenvalue weighted by molar-refractivity contribution is 5.73. The Hall–Kier alpha value is -1.62. The van der Waals surface area contributed by atoms with Crippen molar-refractivity contribution in [3.8, 4) is 0 Å². The predicted molar refractivity (Wildman–Crippen MR) is 72.3 cm³/mol. The maximum atomic E-state index is 13.6. The van der Waals surface area contributed by atoms with E-state index in [1.807, 2.05) is 17.0 Å². The first-order valence-corrected chi connectivity index (χ1v) is 6.50. The molecule has 0 N–H and O–H groups in total. The lowest BCUT2D eigenvalue weighted by Gasteiger charge is -2.36. The van der Waals surface area contributed by atoms with E-state index in [4.69, 9.17) is 0 Å². The Balaban J connectivity index is 1.87. The largest absolute Gasteiger partial charge is 0.331 e. The molecule has 0 unspecified atom stereocenters. The summed E-state index contributed by atoms with van der Waals surface area (Å²) in [6.07, 6.45) is 0. The molecule has 19 heavy (non-hydrogen) atoms. The van der Waals surface area contributed by atoms with E-state index in [1.54, 1.807) is 25.1 Å². The van der Waals surface area contributed by atoms with E-state index in [9.17, 15) is 9.18 Å². The maximum absolute atomic E-state index is 13.6. The normalized spacial score (nSPS) is 16.5. The predicted octanol–water partition coefficient (Wildman–Crippen LogP) is 1.62. The van der Waals surface area contributed by atoms with Gasteiger partial charge < -0.3 is 9.80 Å². The van der Waals surface area contributed by atoms with Crippen LogP contribution >= 0.6 is 0 Å². The summed E-state index contributed by atoms with van der Waals surface area (Å²) >= 11 is 0. The van der Waals surface area contributed by atoms with Gasteiger partial charge in [0.1, 0.15) is 5.82 Å². The minimum Gasteiger partial charge on any atom is -0.331 e. The molecule has 1 heterocycles. The van der Waals surface area contributed by atoms with E-state index in [0.717, 1.165) is 18.7 Å². The molecule has 1 aromatic carbocycles. The van der Waals surface area contributed by atoms with Gasteiger partial charge in [-0.25, -0.2) is 9.18 Å². The number of carbonyl (C=O) groups excluding carboxylic acids is 1. The van der Waals surface area contributed by atoms with Crippen LogP contribution in [0.15, 0.2) is 24.3 Å². The van der Waals surface area contributed by atoms with Crippen LogP contribution in [0, 0.1) is 5.82 Å². The van der Waals surface area contributed by atoms with Gasteiger partial charge in [-0.05, 0) is 6.07 Å². The van der Waals surface area contributed by atoms with Crippen molar-refractivity contribution >= 4 is 6.03 Å². The SMILES string of the molecule is CN(C)C(=O)N1CCN(Cc2ccccc2F)CC1. The second-order valence-electron chi connectivity index (χ2n) is 5.03. The summed E-state index contributed by atoms with van der Waals surface area (Å²) in [4.78, 5) is 17.4. The summed E-state index contributed by atoms with van der Waals surface area (Å²) < 4.78 is 13.6. The Bertz CT molecular complexity index is 442. The maximum Gasteiger partial charge on any atom is 0.319 e. The Morgan fingerprint density at radius 1 is 1.21 bits per heavy atom. The van der Waals surface area contributed by atoms with Gasteiger partial charge in [0.05, 0.1) is 0 Å². The zero-order chi connectivity index (χ0) is 13.8. The average Bonchev–Trinajstić information content (AvgIpc) is 2.41. The van der Waals surface area contributed by atoms with Crippen LogP contribution in [0.25, 0.3) is 0 Å². The van der Waals surface area contributed by atoms with Crippen molar-refractivity contribution in [3.63, 3.8) is 0 Å². The Morgan fingerprint density at radius 2 is 1.84 bits per heavy atom. The molecule has 0 atom stereocenters. The Morgan fingerprint density at radius 3 is 2.42 bits per heavy atom. The standard InChI is InChI=1S/C14H20FN3O/c1-16(2)14(19)18-9-7-17(8-10-18)11-12-5-3-4-6-13(12)15/h3-6H,7-11H2,1-2H3. The van der Waals surface area contributed by atoms with Gasteiger partial charge in [-0.1, -0.05) is 18.2 Å². The van der Waals surface area contributed by atoms with Crippen molar-refractivity contribution in [1.29, 1.82) is 0 Å². The van der Waals surface area contributed by atoms with Crippen LogP contribution in [-0.2, 0) is 6.54 Å². The molecule has 0 aliphatic carbocycles. The number of amides is 2. The molecule has 0 saturated carbocycles. The van der Waals surface area contributed by atoms with Gasteiger partial charge in [0.2, 0.25) is 0 Å². The number of hydrogen-bond acceptors (Lipinski definition) is 2. The highest BCUT2D eigenvalue weighted by atomic mass is 19.1. The first kappa shape index (κ1) is 13.8. The minimum absolute atomic E-state index is 0.0468. The van der Waals surface area contributed by atoms with Gasteiger partial charge in [0, 0.05) is 52.4 Å². The van der Waals surface area contributed by atoms with Crippen molar-refractivity contribution in [2.45, 2.75) is 6.54 Å². The van der Waals surface area contributed by atoms with Crippen LogP contribution < -0.4 is 0 Å². The highest BCUT2D eigenvalue weighted by Crippen LogP contribution is 2.12. The van der Waals surface area contributed by atoms with E-state index in [-0.39, 0.29) is 11.8 Å². The molecular formula is C14H20FN3O. The minimum atomic E-state index is -0.158. The fourth-order valence-corrected chi connectivity index (χ4v) is 2.25. The van der Waals surface area contributed by atoms with E-state index in [0.29, 0.717) is 19.6 Å². The fourth-order valence-electron chi connectivity index (χ4n) is 2.25. The van der Waals surface area contributed by atoms with Crippen LogP contribution in [0.1, 0.15) is 5.56 Å². The summed E-state index contributed by atoms with van der Waals surface area (Å²) in [5.74, 6) is -0.158. The number of halogens is 1. The molecule has 1 saturated heterocycles. The first-order valence-electron chi connectivity index (χ1n) is 6.50. The molecule has 2 amide bonds. The quantitative estimate of drug-likeness (QED) is 0.812. The lowest BCUT2D eigenvalue weighted by atomic mass is 10.2. The molecule has 1 aliphatic heterocycles. The van der Waals surface area contributed by atoms with Gasteiger partial charge in [0.25, 0.3) is 0 Å². The van der Waals surface area contributed by atoms with Crippen molar-refractivity contribution < 1.29 is 9.18 Å². The summed E-state index contributed by atoms with van der Waals surface area (Å²) in [6.45, 7) is 3.58. The van der Waals surface area contributed by atoms with E-state index in [1.165, 1.54) is 6.07 Å². The molecule has 0 spiro atoms. The lowest BCUT2D eigenvalue weighted by molar-refractivity contribution is 0.119. The topological polar surface area (TPSA) is 26.8 Å². The third-order valence-corrected chi connectivity index (χ3v) is 3.38. The number of hydrogen-bond donors (Lipinski definition) is 0. The van der Waals surface area contributed by atoms with E-state index in [2.05, 4.69) is 4.90 Å². The third-order valence-electron chi connectivity index (χ3n) is 3.38. The van der Waals surface area contributed by atoms with Crippen LogP contribution in [0.5, 0.6) is 0 Å². The van der Waals surface area contributed by atoms with E-state index < -0.39 is 0 Å².